The number of nitrogens with zero attached hydrogens (tertiary/aromatic N) is 2. The summed E-state index contributed by atoms with van der Waals surface area (Å²) in [4.78, 5) is 2.24. The van der Waals surface area contributed by atoms with Crippen LogP contribution >= 0.6 is 0 Å². The number of rotatable bonds is 3. The monoisotopic (exact) mass is 227 g/mol. The van der Waals surface area contributed by atoms with Crippen molar-refractivity contribution in [3.8, 4) is 0 Å². The third-order valence-electron chi connectivity index (χ3n) is 2.91. The third kappa shape index (κ3) is 2.84. The van der Waals surface area contributed by atoms with Crippen molar-refractivity contribution in [1.82, 2.24) is 4.90 Å². The molecule has 0 atom stereocenters. The average Bonchev–Trinajstić information content (AvgIpc) is 2.40. The summed E-state index contributed by atoms with van der Waals surface area (Å²) in [6, 6.07) is 4.30. The van der Waals surface area contributed by atoms with E-state index in [4.69, 9.17) is 0 Å². The van der Waals surface area contributed by atoms with E-state index in [-0.39, 0.29) is 0 Å². The van der Waals surface area contributed by atoms with E-state index in [1.165, 1.54) is 11.3 Å². The van der Waals surface area contributed by atoms with Crippen molar-refractivity contribution in [3.05, 3.63) is 60.2 Å². The molecule has 2 heteroatoms. The Balaban J connectivity index is 2.22. The summed E-state index contributed by atoms with van der Waals surface area (Å²) in [5.74, 6) is 0. The van der Waals surface area contributed by atoms with Crippen LogP contribution in [-0.2, 0) is 6.54 Å². The maximum absolute atomic E-state index is 2.24. The van der Waals surface area contributed by atoms with Crippen LogP contribution in [0.3, 0.4) is 0 Å². The first kappa shape index (κ1) is 11.6. The lowest BCUT2D eigenvalue weighted by Gasteiger charge is -2.21. The van der Waals surface area contributed by atoms with E-state index >= 15 is 0 Å². The third-order valence-corrected chi connectivity index (χ3v) is 2.91. The SMILES string of the molecule is CCN1C=CC=CC1=Cc1cc[n+](CC)cc1. The molecule has 88 valence electrons. The van der Waals surface area contributed by atoms with Gasteiger partial charge >= 0.3 is 0 Å². The van der Waals surface area contributed by atoms with Gasteiger partial charge in [0, 0.05) is 30.6 Å². The first-order chi connectivity index (χ1) is 8.33. The number of hydrogen-bond acceptors (Lipinski definition) is 1. The Morgan fingerprint density at radius 1 is 1.18 bits per heavy atom. The standard InChI is InChI=1S/C15H19N2/c1-3-16-11-8-14(9-12-16)13-15-7-5-6-10-17(15)4-2/h5-13H,3-4H2,1-2H3/q+1. The fourth-order valence-corrected chi connectivity index (χ4v) is 1.86. The highest BCUT2D eigenvalue weighted by Gasteiger charge is 2.04. The smallest absolute Gasteiger partial charge is 0.169 e. The maximum Gasteiger partial charge on any atom is 0.169 e. The summed E-state index contributed by atoms with van der Waals surface area (Å²) in [6.07, 6.45) is 14.8. The second kappa shape index (κ2) is 5.48. The van der Waals surface area contributed by atoms with Crippen LogP contribution in [-0.4, -0.2) is 11.4 Å². The molecule has 0 bridgehead atoms. The van der Waals surface area contributed by atoms with E-state index in [2.05, 4.69) is 78.3 Å². The van der Waals surface area contributed by atoms with Gasteiger partial charge in [-0.05, 0) is 37.6 Å². The predicted octanol–water partition coefficient (Wildman–Crippen LogP) is 2.74. The predicted molar refractivity (Wildman–Crippen MR) is 70.9 cm³/mol. The number of aromatic nitrogens is 1. The van der Waals surface area contributed by atoms with Crippen molar-refractivity contribution in [1.29, 1.82) is 0 Å². The molecule has 1 aliphatic rings. The van der Waals surface area contributed by atoms with Crippen LogP contribution in [0.2, 0.25) is 0 Å². The van der Waals surface area contributed by atoms with Gasteiger partial charge in [-0.1, -0.05) is 6.08 Å². The van der Waals surface area contributed by atoms with Gasteiger partial charge in [0.05, 0.1) is 0 Å². The minimum Gasteiger partial charge on any atom is -0.348 e. The van der Waals surface area contributed by atoms with Gasteiger partial charge in [0.15, 0.2) is 12.4 Å². The molecular weight excluding hydrogens is 208 g/mol. The summed E-state index contributed by atoms with van der Waals surface area (Å²) < 4.78 is 2.16. The lowest BCUT2D eigenvalue weighted by Crippen LogP contribution is -2.30. The Labute approximate surface area is 103 Å². The van der Waals surface area contributed by atoms with Crippen molar-refractivity contribution in [2.45, 2.75) is 20.4 Å². The van der Waals surface area contributed by atoms with E-state index < -0.39 is 0 Å². The lowest BCUT2D eigenvalue weighted by molar-refractivity contribution is -0.693. The van der Waals surface area contributed by atoms with E-state index in [1.807, 2.05) is 0 Å². The lowest BCUT2D eigenvalue weighted by atomic mass is 10.2. The van der Waals surface area contributed by atoms with Crippen LogP contribution in [0.15, 0.2) is 54.7 Å². The molecule has 2 heterocycles. The van der Waals surface area contributed by atoms with Crippen LogP contribution in [0.4, 0.5) is 0 Å². The highest BCUT2D eigenvalue weighted by atomic mass is 15.1. The minimum absolute atomic E-state index is 0.995. The summed E-state index contributed by atoms with van der Waals surface area (Å²) in [5, 5.41) is 0. The largest absolute Gasteiger partial charge is 0.348 e. The van der Waals surface area contributed by atoms with Gasteiger partial charge in [-0.2, -0.15) is 0 Å². The quantitative estimate of drug-likeness (QED) is 0.720. The van der Waals surface area contributed by atoms with Crippen molar-refractivity contribution in [2.24, 2.45) is 0 Å². The molecule has 0 saturated carbocycles. The summed E-state index contributed by atoms with van der Waals surface area (Å²) in [7, 11) is 0. The molecule has 1 aromatic heterocycles. The molecule has 0 amide bonds. The molecule has 0 aromatic carbocycles. The first-order valence-electron chi connectivity index (χ1n) is 6.15. The van der Waals surface area contributed by atoms with E-state index in [1.54, 1.807) is 0 Å². The van der Waals surface area contributed by atoms with Crippen molar-refractivity contribution in [2.75, 3.05) is 6.54 Å². The Kier molecular flexibility index (Phi) is 3.76. The summed E-state index contributed by atoms with van der Waals surface area (Å²) >= 11 is 0. The van der Waals surface area contributed by atoms with Crippen molar-refractivity contribution >= 4 is 6.08 Å². The number of likely N-dealkylation sites (N-methyl/N-ethyl adjacent to an activating group) is 1. The van der Waals surface area contributed by atoms with Gasteiger partial charge in [-0.3, -0.25) is 0 Å². The van der Waals surface area contributed by atoms with Gasteiger partial charge in [0.1, 0.15) is 6.54 Å². The van der Waals surface area contributed by atoms with E-state index in [0.29, 0.717) is 0 Å². The maximum atomic E-state index is 2.24. The number of aryl methyl sites for hydroxylation is 1. The zero-order valence-electron chi connectivity index (χ0n) is 10.5. The molecule has 17 heavy (non-hydrogen) atoms. The molecule has 0 unspecified atom stereocenters. The van der Waals surface area contributed by atoms with Gasteiger partial charge in [0.2, 0.25) is 0 Å². The van der Waals surface area contributed by atoms with Crippen molar-refractivity contribution in [3.63, 3.8) is 0 Å². The zero-order chi connectivity index (χ0) is 12.1. The number of allylic oxidation sites excluding steroid dienone is 3. The Morgan fingerprint density at radius 2 is 1.94 bits per heavy atom. The molecule has 1 aromatic rings. The highest BCUT2D eigenvalue weighted by Crippen LogP contribution is 2.15. The van der Waals surface area contributed by atoms with Crippen LogP contribution in [0.5, 0.6) is 0 Å². The minimum atomic E-state index is 0.995. The molecule has 0 fully saturated rings. The Bertz CT molecular complexity index is 452. The molecule has 0 saturated heterocycles. The van der Waals surface area contributed by atoms with Gasteiger partial charge in [-0.25, -0.2) is 4.57 Å². The van der Waals surface area contributed by atoms with Crippen LogP contribution in [0.1, 0.15) is 19.4 Å². The fourth-order valence-electron chi connectivity index (χ4n) is 1.86. The molecule has 2 rings (SSSR count). The fraction of sp³-hybridized carbons (Fsp3) is 0.267. The molecule has 2 nitrogen and oxygen atoms in total. The number of pyridine rings is 1. The average molecular weight is 227 g/mol. The Morgan fingerprint density at radius 3 is 2.59 bits per heavy atom. The highest BCUT2D eigenvalue weighted by molar-refractivity contribution is 5.55. The molecule has 0 spiro atoms. The molecular formula is C15H19N2+. The van der Waals surface area contributed by atoms with Crippen LogP contribution in [0, 0.1) is 0 Å². The van der Waals surface area contributed by atoms with Gasteiger partial charge in [-0.15, -0.1) is 0 Å². The second-order valence-electron chi connectivity index (χ2n) is 4.02. The van der Waals surface area contributed by atoms with Crippen molar-refractivity contribution < 1.29 is 4.57 Å². The zero-order valence-corrected chi connectivity index (χ0v) is 10.5. The van der Waals surface area contributed by atoms with Gasteiger partial charge in [0.25, 0.3) is 0 Å². The van der Waals surface area contributed by atoms with Gasteiger partial charge < -0.3 is 4.90 Å². The van der Waals surface area contributed by atoms with E-state index in [9.17, 15) is 0 Å². The molecule has 0 aliphatic carbocycles. The summed E-state index contributed by atoms with van der Waals surface area (Å²) in [6.45, 7) is 6.31. The molecule has 1 aliphatic heterocycles. The van der Waals surface area contributed by atoms with Crippen LogP contribution in [0.25, 0.3) is 6.08 Å². The normalized spacial score (nSPS) is 16.8. The second-order valence-corrected chi connectivity index (χ2v) is 4.02. The van der Waals surface area contributed by atoms with E-state index in [0.717, 1.165) is 13.1 Å². The molecule has 0 N–H and O–H groups in total. The number of hydrogen-bond donors (Lipinski definition) is 0. The molecule has 0 radical (unpaired) electrons. The Hall–Kier alpha value is -1.83. The summed E-state index contributed by atoms with van der Waals surface area (Å²) in [5.41, 5.74) is 2.48. The first-order valence-corrected chi connectivity index (χ1v) is 6.15. The van der Waals surface area contributed by atoms with Crippen LogP contribution < -0.4 is 4.57 Å². The topological polar surface area (TPSA) is 7.12 Å².